The monoisotopic (exact) mass is 702 g/mol. The van der Waals surface area contributed by atoms with Gasteiger partial charge < -0.3 is 19.5 Å². The van der Waals surface area contributed by atoms with E-state index in [1.165, 1.54) is 0 Å². The molecular weight excluding hydrogens is 660 g/mol. The van der Waals surface area contributed by atoms with E-state index in [9.17, 15) is 0 Å². The van der Waals surface area contributed by atoms with E-state index in [1.807, 2.05) is 42.2 Å². The van der Waals surface area contributed by atoms with E-state index in [2.05, 4.69) is 59.3 Å². The molecular formula is C34H43ClN12O3. The van der Waals surface area contributed by atoms with E-state index < -0.39 is 0 Å². The van der Waals surface area contributed by atoms with Gasteiger partial charge in [0.1, 0.15) is 30.5 Å². The van der Waals surface area contributed by atoms with Crippen molar-refractivity contribution in [2.45, 2.75) is 89.9 Å². The Morgan fingerprint density at radius 3 is 2.52 bits per heavy atom. The van der Waals surface area contributed by atoms with Crippen LogP contribution < -0.4 is 14.8 Å². The SMILES string of the molecule is C[C@@H]1CN([C@H]2CC[C@H](n3cc(Nc4ncc(-c5ccc(Cl)c(O[C@@H](C)Cn6cnnn6)c5)cn4)c(OCCn4cccn4)n3)CC2)C[C@H](C)O1. The lowest BCUT2D eigenvalue weighted by Crippen LogP contribution is -2.51. The molecule has 16 heteroatoms. The molecule has 0 unspecified atom stereocenters. The van der Waals surface area contributed by atoms with Gasteiger partial charge in [0.15, 0.2) is 0 Å². The average molecular weight is 703 g/mol. The second-order valence-electron chi connectivity index (χ2n) is 13.1. The van der Waals surface area contributed by atoms with Crippen LogP contribution in [0.4, 0.5) is 11.6 Å². The van der Waals surface area contributed by atoms with Crippen LogP contribution in [0.3, 0.4) is 0 Å². The molecule has 1 aromatic carbocycles. The van der Waals surface area contributed by atoms with E-state index in [4.69, 9.17) is 30.9 Å². The summed E-state index contributed by atoms with van der Waals surface area (Å²) in [7, 11) is 0. The van der Waals surface area contributed by atoms with Gasteiger partial charge in [0.25, 0.3) is 5.88 Å². The highest BCUT2D eigenvalue weighted by Crippen LogP contribution is 2.36. The molecule has 1 N–H and O–H groups in total. The lowest BCUT2D eigenvalue weighted by molar-refractivity contribution is -0.0852. The van der Waals surface area contributed by atoms with E-state index in [0.717, 1.165) is 55.6 Å². The van der Waals surface area contributed by atoms with Crippen molar-refractivity contribution in [2.24, 2.45) is 0 Å². The number of morpholine rings is 1. The number of hydrogen-bond donors (Lipinski definition) is 1. The summed E-state index contributed by atoms with van der Waals surface area (Å²) in [5.41, 5.74) is 2.41. The minimum Gasteiger partial charge on any atom is -0.487 e. The van der Waals surface area contributed by atoms with Crippen LogP contribution in [0, 0.1) is 0 Å². The molecule has 0 amide bonds. The molecule has 3 atom stereocenters. The van der Waals surface area contributed by atoms with E-state index >= 15 is 0 Å². The fourth-order valence-corrected chi connectivity index (χ4v) is 7.01. The Labute approximate surface area is 295 Å². The van der Waals surface area contributed by atoms with Crippen LogP contribution in [0.1, 0.15) is 52.5 Å². The molecule has 0 spiro atoms. The molecule has 0 bridgehead atoms. The largest absolute Gasteiger partial charge is 0.487 e. The minimum absolute atomic E-state index is 0.210. The first-order valence-corrected chi connectivity index (χ1v) is 17.6. The molecule has 5 heterocycles. The zero-order valence-electron chi connectivity index (χ0n) is 28.5. The van der Waals surface area contributed by atoms with Gasteiger partial charge in [0, 0.05) is 49.5 Å². The normalized spacial score (nSPS) is 21.9. The van der Waals surface area contributed by atoms with Gasteiger partial charge in [-0.2, -0.15) is 5.10 Å². The number of nitrogens with one attached hydrogen (secondary N) is 1. The van der Waals surface area contributed by atoms with Gasteiger partial charge in [-0.05, 0) is 80.6 Å². The van der Waals surface area contributed by atoms with Gasteiger partial charge in [-0.25, -0.2) is 14.6 Å². The van der Waals surface area contributed by atoms with Crippen LogP contribution >= 0.6 is 11.6 Å². The lowest BCUT2D eigenvalue weighted by Gasteiger charge is -2.42. The molecule has 50 heavy (non-hydrogen) atoms. The Hall–Kier alpha value is -4.60. The Morgan fingerprint density at radius 2 is 1.80 bits per heavy atom. The van der Waals surface area contributed by atoms with Crippen LogP contribution in [-0.2, 0) is 17.8 Å². The van der Waals surface area contributed by atoms with Crippen LogP contribution in [0.5, 0.6) is 11.6 Å². The fourth-order valence-electron chi connectivity index (χ4n) is 6.84. The summed E-state index contributed by atoms with van der Waals surface area (Å²) >= 11 is 6.47. The van der Waals surface area contributed by atoms with Crippen molar-refractivity contribution in [2.75, 3.05) is 25.0 Å². The molecule has 1 saturated heterocycles. The van der Waals surface area contributed by atoms with E-state index in [1.54, 1.807) is 35.7 Å². The Bertz CT molecular complexity index is 1780. The molecule has 1 aliphatic carbocycles. The maximum absolute atomic E-state index is 6.47. The number of halogens is 1. The van der Waals surface area contributed by atoms with Crippen molar-refractivity contribution in [1.29, 1.82) is 0 Å². The lowest BCUT2D eigenvalue weighted by atomic mass is 9.89. The standard InChI is InChI=1S/C34H43ClN12O3/c1-23-18-44(19-24(2)49-23)28-6-8-29(9-7-28)47-21-31(33(41-47)48-14-13-45-12-4-11-39-45)40-34-36-16-27(17-37-34)26-5-10-30(35)32(15-26)50-25(3)20-46-22-38-42-43-46/h4-5,10-12,15-17,21-25,28-29H,6-9,13-14,18-20H2,1-3H3,(H,36,37,40)/t23-,24+,25-,28-,29-/m0/s1. The van der Waals surface area contributed by atoms with Crippen molar-refractivity contribution in [1.82, 2.24) is 54.6 Å². The number of ether oxygens (including phenoxy) is 3. The first kappa shape index (κ1) is 33.9. The van der Waals surface area contributed by atoms with Crippen molar-refractivity contribution in [3.63, 3.8) is 0 Å². The van der Waals surface area contributed by atoms with Crippen molar-refractivity contribution in [3.8, 4) is 22.8 Å². The zero-order chi connectivity index (χ0) is 34.5. The topological polar surface area (TPSA) is 148 Å². The number of benzene rings is 1. The maximum atomic E-state index is 6.47. The predicted octanol–water partition coefficient (Wildman–Crippen LogP) is 5.06. The second kappa shape index (κ2) is 15.5. The van der Waals surface area contributed by atoms with Crippen LogP contribution in [0.25, 0.3) is 11.1 Å². The highest BCUT2D eigenvalue weighted by molar-refractivity contribution is 6.32. The first-order chi connectivity index (χ1) is 24.4. The molecule has 1 aliphatic heterocycles. The number of nitrogens with zero attached hydrogens (tertiary/aromatic N) is 11. The predicted molar refractivity (Wildman–Crippen MR) is 186 cm³/mol. The van der Waals surface area contributed by atoms with Gasteiger partial charge in [0.05, 0.1) is 42.6 Å². The summed E-state index contributed by atoms with van der Waals surface area (Å²) < 4.78 is 23.8. The van der Waals surface area contributed by atoms with Gasteiger partial charge in [-0.15, -0.1) is 10.2 Å². The molecule has 264 valence electrons. The van der Waals surface area contributed by atoms with Gasteiger partial charge in [0.2, 0.25) is 5.95 Å². The van der Waals surface area contributed by atoms with E-state index in [0.29, 0.717) is 48.3 Å². The zero-order valence-corrected chi connectivity index (χ0v) is 29.3. The minimum atomic E-state index is -0.210. The molecule has 4 aromatic heterocycles. The van der Waals surface area contributed by atoms with Crippen LogP contribution in [0.2, 0.25) is 5.02 Å². The molecule has 5 aromatic rings. The molecule has 0 radical (unpaired) electrons. The Morgan fingerprint density at radius 1 is 1.02 bits per heavy atom. The summed E-state index contributed by atoms with van der Waals surface area (Å²) in [5.74, 6) is 1.50. The molecule has 2 aliphatic rings. The van der Waals surface area contributed by atoms with Gasteiger partial charge in [-0.1, -0.05) is 17.7 Å². The molecule has 2 fully saturated rings. The van der Waals surface area contributed by atoms with Crippen molar-refractivity contribution < 1.29 is 14.2 Å². The maximum Gasteiger partial charge on any atom is 0.257 e. The van der Waals surface area contributed by atoms with E-state index in [-0.39, 0.29) is 24.4 Å². The quantitative estimate of drug-likeness (QED) is 0.175. The third-order valence-electron chi connectivity index (χ3n) is 9.15. The summed E-state index contributed by atoms with van der Waals surface area (Å²) in [6.07, 6.45) is 15.5. The summed E-state index contributed by atoms with van der Waals surface area (Å²) in [5, 5.41) is 24.3. The average Bonchev–Trinajstić information content (AvgIpc) is 3.90. The number of hydrogen-bond acceptors (Lipinski definition) is 12. The van der Waals surface area contributed by atoms with Crippen LogP contribution in [0.15, 0.2) is 61.6 Å². The Balaban J connectivity index is 1.02. The Kier molecular flexibility index (Phi) is 10.5. The molecule has 7 rings (SSSR count). The number of rotatable bonds is 13. The molecule has 15 nitrogen and oxygen atoms in total. The van der Waals surface area contributed by atoms with Gasteiger partial charge in [-0.3, -0.25) is 14.3 Å². The molecule has 1 saturated carbocycles. The van der Waals surface area contributed by atoms with Crippen LogP contribution in [-0.4, -0.2) is 98.7 Å². The van der Waals surface area contributed by atoms with Crippen molar-refractivity contribution >= 4 is 23.2 Å². The highest BCUT2D eigenvalue weighted by Gasteiger charge is 2.32. The summed E-state index contributed by atoms with van der Waals surface area (Å²) in [4.78, 5) is 11.9. The second-order valence-corrected chi connectivity index (χ2v) is 13.6. The smallest absolute Gasteiger partial charge is 0.257 e. The number of tetrazole rings is 1. The first-order valence-electron chi connectivity index (χ1n) is 17.2. The van der Waals surface area contributed by atoms with Gasteiger partial charge >= 0.3 is 0 Å². The number of aromatic nitrogens is 10. The number of anilines is 2. The fraction of sp³-hybridized carbons (Fsp3) is 0.500. The summed E-state index contributed by atoms with van der Waals surface area (Å²) in [6, 6.07) is 8.36. The third kappa shape index (κ3) is 8.40. The third-order valence-corrected chi connectivity index (χ3v) is 9.46. The summed E-state index contributed by atoms with van der Waals surface area (Å²) in [6.45, 7) is 9.78. The highest BCUT2D eigenvalue weighted by atomic mass is 35.5. The van der Waals surface area contributed by atoms with Crippen molar-refractivity contribution in [3.05, 3.63) is 66.6 Å².